The zero-order valence-corrected chi connectivity index (χ0v) is 14.0. The van der Waals surface area contributed by atoms with Crippen LogP contribution in [0.2, 0.25) is 0 Å². The minimum Gasteiger partial charge on any atom is -0.298 e. The van der Waals surface area contributed by atoms with Gasteiger partial charge in [-0.1, -0.05) is 0 Å². The number of rotatable bonds is 3. The first-order valence-corrected chi connectivity index (χ1v) is 8.43. The van der Waals surface area contributed by atoms with E-state index in [1.165, 1.54) is 18.5 Å². The van der Waals surface area contributed by atoms with Crippen LogP contribution in [0.4, 0.5) is 8.78 Å². The molecule has 0 radical (unpaired) electrons. The average Bonchev–Trinajstić information content (AvgIpc) is 3.01. The van der Waals surface area contributed by atoms with Crippen molar-refractivity contribution in [3.8, 4) is 0 Å². The average molecular weight is 343 g/mol. The van der Waals surface area contributed by atoms with Crippen LogP contribution in [0.3, 0.4) is 0 Å². The van der Waals surface area contributed by atoms with Crippen LogP contribution in [0.5, 0.6) is 0 Å². The van der Waals surface area contributed by atoms with Crippen molar-refractivity contribution in [2.45, 2.75) is 32.2 Å². The zero-order chi connectivity index (χ0) is 17.4. The minimum atomic E-state index is -0.530. The Morgan fingerprint density at radius 2 is 1.96 bits per heavy atom. The highest BCUT2D eigenvalue weighted by atomic mass is 19.1. The van der Waals surface area contributed by atoms with Gasteiger partial charge in [0.05, 0.1) is 5.69 Å². The van der Waals surface area contributed by atoms with E-state index in [0.717, 1.165) is 43.4 Å². The molecule has 3 aromatic rings. The first-order chi connectivity index (χ1) is 12.1. The maximum atomic E-state index is 13.4. The molecule has 1 unspecified atom stereocenters. The number of aryl methyl sites for hydroxylation is 1. The lowest BCUT2D eigenvalue weighted by Gasteiger charge is -2.33. The Bertz CT molecular complexity index is 887. The summed E-state index contributed by atoms with van der Waals surface area (Å²) in [6.07, 6.45) is 3.59. The first-order valence-electron chi connectivity index (χ1n) is 8.43. The summed E-state index contributed by atoms with van der Waals surface area (Å²) in [5, 5.41) is 4.29. The molecule has 0 bridgehead atoms. The third-order valence-electron chi connectivity index (χ3n) is 4.66. The number of aromatic nitrogens is 4. The van der Waals surface area contributed by atoms with Gasteiger partial charge >= 0.3 is 0 Å². The third kappa shape index (κ3) is 3.37. The molecule has 7 heteroatoms. The molecule has 1 aromatic carbocycles. The fraction of sp³-hybridized carbons (Fsp3) is 0.389. The van der Waals surface area contributed by atoms with Gasteiger partial charge in [0, 0.05) is 30.8 Å². The molecule has 0 aliphatic carbocycles. The fourth-order valence-corrected chi connectivity index (χ4v) is 3.65. The second-order valence-corrected chi connectivity index (χ2v) is 6.65. The van der Waals surface area contributed by atoms with Gasteiger partial charge in [-0.25, -0.2) is 18.3 Å². The highest BCUT2D eigenvalue weighted by molar-refractivity contribution is 5.31. The van der Waals surface area contributed by atoms with Crippen molar-refractivity contribution in [2.75, 3.05) is 13.1 Å². The number of halogens is 2. The molecule has 0 spiro atoms. The Labute approximate surface area is 144 Å². The highest BCUT2D eigenvalue weighted by Crippen LogP contribution is 2.28. The lowest BCUT2D eigenvalue weighted by Crippen LogP contribution is -2.34. The molecule has 0 N–H and O–H groups in total. The van der Waals surface area contributed by atoms with Gasteiger partial charge in [-0.15, -0.1) is 0 Å². The predicted molar refractivity (Wildman–Crippen MR) is 89.1 cm³/mol. The molecule has 0 saturated carbocycles. The number of piperidine rings is 1. The van der Waals surface area contributed by atoms with Gasteiger partial charge in [-0.2, -0.15) is 10.1 Å². The summed E-state index contributed by atoms with van der Waals surface area (Å²) in [5.41, 5.74) is 2.67. The largest absolute Gasteiger partial charge is 0.298 e. The van der Waals surface area contributed by atoms with Gasteiger partial charge in [0.1, 0.15) is 18.0 Å². The Morgan fingerprint density at radius 1 is 1.16 bits per heavy atom. The Hall–Kier alpha value is -2.41. The number of hydrogen-bond donors (Lipinski definition) is 0. The number of hydrogen-bond acceptors (Lipinski definition) is 4. The molecule has 2 aromatic heterocycles. The maximum absolute atomic E-state index is 13.4. The maximum Gasteiger partial charge on any atom is 0.252 e. The Morgan fingerprint density at radius 3 is 2.76 bits per heavy atom. The normalized spacial score (nSPS) is 18.8. The molecule has 130 valence electrons. The fourth-order valence-electron chi connectivity index (χ4n) is 3.65. The summed E-state index contributed by atoms with van der Waals surface area (Å²) in [7, 11) is 0. The second-order valence-electron chi connectivity index (χ2n) is 6.65. The van der Waals surface area contributed by atoms with Gasteiger partial charge in [-0.3, -0.25) is 4.90 Å². The summed E-state index contributed by atoms with van der Waals surface area (Å²) in [5.74, 6) is -0.160. The standard InChI is InChI=1S/C18H19F2N5/c1-12-5-17(25-18(23-12)21-11-22-25)14-3-2-4-24(10-14)9-13-6-15(19)8-16(20)7-13/h5-8,11,14H,2-4,9-10H2,1H3. The van der Waals surface area contributed by atoms with Crippen molar-refractivity contribution < 1.29 is 8.78 Å². The monoisotopic (exact) mass is 343 g/mol. The van der Waals surface area contributed by atoms with E-state index in [1.54, 1.807) is 4.52 Å². The van der Waals surface area contributed by atoms with Gasteiger partial charge in [0.2, 0.25) is 0 Å². The van der Waals surface area contributed by atoms with Crippen LogP contribution in [0.25, 0.3) is 5.78 Å². The van der Waals surface area contributed by atoms with Gasteiger partial charge in [0.15, 0.2) is 0 Å². The van der Waals surface area contributed by atoms with E-state index >= 15 is 0 Å². The summed E-state index contributed by atoms with van der Waals surface area (Å²) in [6, 6.07) is 5.76. The topological polar surface area (TPSA) is 46.3 Å². The molecular formula is C18H19F2N5. The minimum absolute atomic E-state index is 0.290. The van der Waals surface area contributed by atoms with Crippen molar-refractivity contribution in [1.29, 1.82) is 0 Å². The summed E-state index contributed by atoms with van der Waals surface area (Å²) in [4.78, 5) is 10.8. The van der Waals surface area contributed by atoms with Gasteiger partial charge in [0.25, 0.3) is 5.78 Å². The van der Waals surface area contributed by atoms with E-state index in [1.807, 2.05) is 6.92 Å². The van der Waals surface area contributed by atoms with Crippen molar-refractivity contribution >= 4 is 5.78 Å². The molecule has 1 atom stereocenters. The number of likely N-dealkylation sites (tertiary alicyclic amines) is 1. The van der Waals surface area contributed by atoms with Crippen molar-refractivity contribution in [3.63, 3.8) is 0 Å². The van der Waals surface area contributed by atoms with Crippen LogP contribution >= 0.6 is 0 Å². The van der Waals surface area contributed by atoms with Crippen LogP contribution in [0.1, 0.15) is 35.7 Å². The Kier molecular flexibility index (Phi) is 4.17. The van der Waals surface area contributed by atoms with E-state index in [9.17, 15) is 8.78 Å². The SMILES string of the molecule is Cc1cc(C2CCCN(Cc3cc(F)cc(F)c3)C2)n2ncnc2n1. The lowest BCUT2D eigenvalue weighted by atomic mass is 9.93. The van der Waals surface area contributed by atoms with Crippen LogP contribution < -0.4 is 0 Å². The van der Waals surface area contributed by atoms with Crippen LogP contribution in [0.15, 0.2) is 30.6 Å². The molecule has 5 nitrogen and oxygen atoms in total. The highest BCUT2D eigenvalue weighted by Gasteiger charge is 2.24. The lowest BCUT2D eigenvalue weighted by molar-refractivity contribution is 0.197. The number of fused-ring (bicyclic) bond motifs is 1. The number of benzene rings is 1. The molecule has 1 fully saturated rings. The predicted octanol–water partition coefficient (Wildman–Crippen LogP) is 3.09. The van der Waals surface area contributed by atoms with E-state index in [2.05, 4.69) is 26.0 Å². The molecule has 1 aliphatic heterocycles. The molecule has 1 aliphatic rings. The number of nitrogens with zero attached hydrogens (tertiary/aromatic N) is 5. The molecule has 0 amide bonds. The first kappa shape index (κ1) is 16.1. The summed E-state index contributed by atoms with van der Waals surface area (Å²) >= 11 is 0. The zero-order valence-electron chi connectivity index (χ0n) is 14.0. The third-order valence-corrected chi connectivity index (χ3v) is 4.66. The smallest absolute Gasteiger partial charge is 0.252 e. The summed E-state index contributed by atoms with van der Waals surface area (Å²) < 4.78 is 28.6. The van der Waals surface area contributed by atoms with Crippen molar-refractivity contribution in [1.82, 2.24) is 24.5 Å². The Balaban J connectivity index is 1.57. The van der Waals surface area contributed by atoms with E-state index < -0.39 is 11.6 Å². The summed E-state index contributed by atoms with van der Waals surface area (Å²) in [6.45, 7) is 4.22. The quantitative estimate of drug-likeness (QED) is 0.733. The van der Waals surface area contributed by atoms with Crippen LogP contribution in [-0.4, -0.2) is 37.6 Å². The van der Waals surface area contributed by atoms with E-state index in [4.69, 9.17) is 0 Å². The molecule has 1 saturated heterocycles. The van der Waals surface area contributed by atoms with Crippen molar-refractivity contribution in [3.05, 3.63) is 59.2 Å². The molecule has 3 heterocycles. The van der Waals surface area contributed by atoms with Crippen LogP contribution in [0, 0.1) is 18.6 Å². The molecule has 4 rings (SSSR count). The van der Waals surface area contributed by atoms with E-state index in [0.29, 0.717) is 17.9 Å². The van der Waals surface area contributed by atoms with Gasteiger partial charge in [-0.05, 0) is 50.1 Å². The van der Waals surface area contributed by atoms with Gasteiger partial charge < -0.3 is 0 Å². The molecular weight excluding hydrogens is 324 g/mol. The van der Waals surface area contributed by atoms with Crippen molar-refractivity contribution in [2.24, 2.45) is 0 Å². The van der Waals surface area contributed by atoms with E-state index in [-0.39, 0.29) is 5.92 Å². The molecule has 25 heavy (non-hydrogen) atoms. The second kappa shape index (κ2) is 6.48. The van der Waals surface area contributed by atoms with Crippen LogP contribution in [-0.2, 0) is 6.54 Å².